The highest BCUT2D eigenvalue weighted by Gasteiger charge is 2.22. The molecule has 144 valence electrons. The van der Waals surface area contributed by atoms with E-state index in [1.807, 2.05) is 36.5 Å². The summed E-state index contributed by atoms with van der Waals surface area (Å²) in [7, 11) is 0. The first-order chi connectivity index (χ1) is 13.7. The van der Waals surface area contributed by atoms with Crippen LogP contribution in [0.1, 0.15) is 22.7 Å². The molecule has 0 saturated heterocycles. The Morgan fingerprint density at radius 3 is 2.43 bits per heavy atom. The van der Waals surface area contributed by atoms with Crippen LogP contribution in [0.3, 0.4) is 0 Å². The quantitative estimate of drug-likeness (QED) is 0.534. The normalized spacial score (nSPS) is 11.7. The molecule has 1 unspecified atom stereocenters. The fraction of sp³-hybridized carbons (Fsp3) is 0.227. The highest BCUT2D eigenvalue weighted by molar-refractivity contribution is 5.84. The van der Waals surface area contributed by atoms with Gasteiger partial charge in [0.25, 0.3) is 0 Å². The monoisotopic (exact) mass is 376 g/mol. The number of hydrogen-bond donors (Lipinski definition) is 3. The number of hydrogen-bond acceptors (Lipinski definition) is 5. The van der Waals surface area contributed by atoms with Gasteiger partial charge in [-0.1, -0.05) is 24.3 Å². The number of pyridine rings is 2. The minimum atomic E-state index is -0.629. The maximum Gasteiger partial charge on any atom is 0.241 e. The van der Waals surface area contributed by atoms with E-state index in [1.54, 1.807) is 36.8 Å². The van der Waals surface area contributed by atoms with E-state index in [0.29, 0.717) is 18.7 Å². The second-order valence-electron chi connectivity index (χ2n) is 6.45. The first-order valence-electron chi connectivity index (χ1n) is 9.31. The van der Waals surface area contributed by atoms with Gasteiger partial charge in [0.1, 0.15) is 11.8 Å². The summed E-state index contributed by atoms with van der Waals surface area (Å²) in [5.74, 6) is -0.0626. The van der Waals surface area contributed by atoms with Crippen molar-refractivity contribution < 1.29 is 9.90 Å². The summed E-state index contributed by atoms with van der Waals surface area (Å²) in [5.41, 5.74) is 2.76. The molecule has 0 radical (unpaired) electrons. The molecule has 0 aliphatic rings. The number of carbonyl (C=O) groups is 1. The molecule has 0 aliphatic carbocycles. The van der Waals surface area contributed by atoms with Crippen LogP contribution >= 0.6 is 0 Å². The Balaban J connectivity index is 1.61. The molecule has 1 atom stereocenters. The average Bonchev–Trinajstić information content (AvgIpc) is 2.73. The number of nitrogens with zero attached hydrogens (tertiary/aromatic N) is 2. The number of benzene rings is 1. The summed E-state index contributed by atoms with van der Waals surface area (Å²) < 4.78 is 0. The van der Waals surface area contributed by atoms with E-state index in [1.165, 1.54) is 0 Å². The molecule has 1 aromatic carbocycles. The Bertz CT molecular complexity index is 872. The van der Waals surface area contributed by atoms with E-state index in [2.05, 4.69) is 20.6 Å². The Morgan fingerprint density at radius 1 is 0.893 bits per heavy atom. The highest BCUT2D eigenvalue weighted by atomic mass is 16.3. The van der Waals surface area contributed by atoms with Gasteiger partial charge in [-0.2, -0.15) is 0 Å². The molecule has 28 heavy (non-hydrogen) atoms. The predicted molar refractivity (Wildman–Crippen MR) is 108 cm³/mol. The van der Waals surface area contributed by atoms with Crippen molar-refractivity contribution in [1.29, 1.82) is 0 Å². The zero-order valence-corrected chi connectivity index (χ0v) is 15.6. The molecule has 1 amide bonds. The number of phenolic OH excluding ortho intramolecular Hbond substituents is 1. The molecular formula is C22H24N4O2. The minimum Gasteiger partial charge on any atom is -0.508 e. The van der Waals surface area contributed by atoms with Gasteiger partial charge in [0.2, 0.25) is 5.91 Å². The van der Waals surface area contributed by atoms with Crippen LogP contribution in [-0.4, -0.2) is 34.1 Å². The van der Waals surface area contributed by atoms with Crippen LogP contribution in [0.2, 0.25) is 0 Å². The van der Waals surface area contributed by atoms with E-state index < -0.39 is 6.04 Å². The topological polar surface area (TPSA) is 87.1 Å². The minimum absolute atomic E-state index is 0.102. The van der Waals surface area contributed by atoms with Gasteiger partial charge in [-0.25, -0.2) is 0 Å². The van der Waals surface area contributed by atoms with Crippen molar-refractivity contribution in [1.82, 2.24) is 20.6 Å². The molecule has 0 bridgehead atoms. The van der Waals surface area contributed by atoms with E-state index in [4.69, 9.17) is 0 Å². The van der Waals surface area contributed by atoms with Gasteiger partial charge in [-0.05, 0) is 48.2 Å². The lowest BCUT2D eigenvalue weighted by atomic mass is 10.0. The number of phenols is 1. The van der Waals surface area contributed by atoms with E-state index in [9.17, 15) is 9.90 Å². The smallest absolute Gasteiger partial charge is 0.241 e. The molecule has 0 fully saturated rings. The molecule has 2 heterocycles. The lowest BCUT2D eigenvalue weighted by Crippen LogP contribution is -2.39. The third kappa shape index (κ3) is 5.62. The number of amides is 1. The second-order valence-corrected chi connectivity index (χ2v) is 6.45. The fourth-order valence-corrected chi connectivity index (χ4v) is 2.96. The fourth-order valence-electron chi connectivity index (χ4n) is 2.96. The SMILES string of the molecule is O=C(NCCc1ccncc1)C(NCCc1cccnc1)c1ccccc1O. The lowest BCUT2D eigenvalue weighted by molar-refractivity contribution is -0.123. The summed E-state index contributed by atoms with van der Waals surface area (Å²) in [6.45, 7) is 1.10. The summed E-state index contributed by atoms with van der Waals surface area (Å²) >= 11 is 0. The summed E-state index contributed by atoms with van der Waals surface area (Å²) in [4.78, 5) is 20.9. The largest absolute Gasteiger partial charge is 0.508 e. The van der Waals surface area contributed by atoms with Crippen LogP contribution in [0.4, 0.5) is 0 Å². The van der Waals surface area contributed by atoms with Crippen molar-refractivity contribution in [3.8, 4) is 5.75 Å². The van der Waals surface area contributed by atoms with Crippen LogP contribution in [0.15, 0.2) is 73.3 Å². The maximum absolute atomic E-state index is 12.8. The van der Waals surface area contributed by atoms with Gasteiger partial charge in [0, 0.05) is 43.4 Å². The Morgan fingerprint density at radius 2 is 1.68 bits per heavy atom. The number of aromatic nitrogens is 2. The van der Waals surface area contributed by atoms with E-state index in [-0.39, 0.29) is 11.7 Å². The summed E-state index contributed by atoms with van der Waals surface area (Å²) in [6.07, 6.45) is 8.48. The Hall–Kier alpha value is -3.25. The Labute approximate surface area is 164 Å². The molecule has 3 N–H and O–H groups in total. The maximum atomic E-state index is 12.8. The van der Waals surface area contributed by atoms with E-state index in [0.717, 1.165) is 24.0 Å². The molecule has 6 heteroatoms. The van der Waals surface area contributed by atoms with Gasteiger partial charge >= 0.3 is 0 Å². The number of aromatic hydroxyl groups is 1. The van der Waals surface area contributed by atoms with Gasteiger partial charge in [0.05, 0.1) is 0 Å². The molecule has 6 nitrogen and oxygen atoms in total. The van der Waals surface area contributed by atoms with Crippen LogP contribution in [-0.2, 0) is 17.6 Å². The third-order valence-corrected chi connectivity index (χ3v) is 4.46. The lowest BCUT2D eigenvalue weighted by Gasteiger charge is -2.20. The predicted octanol–water partition coefficient (Wildman–Crippen LogP) is 2.41. The number of para-hydroxylation sites is 1. The van der Waals surface area contributed by atoms with Gasteiger partial charge < -0.3 is 15.7 Å². The van der Waals surface area contributed by atoms with Crippen LogP contribution in [0, 0.1) is 0 Å². The van der Waals surface area contributed by atoms with Crippen LogP contribution in [0.5, 0.6) is 5.75 Å². The number of rotatable bonds is 9. The Kier molecular flexibility index (Phi) is 7.09. The van der Waals surface area contributed by atoms with Crippen molar-refractivity contribution in [3.05, 3.63) is 90.0 Å². The first kappa shape index (κ1) is 19.5. The first-order valence-corrected chi connectivity index (χ1v) is 9.31. The van der Waals surface area contributed by atoms with Crippen LogP contribution < -0.4 is 10.6 Å². The summed E-state index contributed by atoms with van der Waals surface area (Å²) in [5, 5.41) is 16.4. The van der Waals surface area contributed by atoms with Crippen molar-refractivity contribution >= 4 is 5.91 Å². The van der Waals surface area contributed by atoms with Crippen LogP contribution in [0.25, 0.3) is 0 Å². The van der Waals surface area contributed by atoms with Gasteiger partial charge in [-0.15, -0.1) is 0 Å². The molecule has 3 rings (SSSR count). The number of nitrogens with one attached hydrogen (secondary N) is 2. The molecular weight excluding hydrogens is 352 g/mol. The van der Waals surface area contributed by atoms with Crippen molar-refractivity contribution in [3.63, 3.8) is 0 Å². The molecule has 0 spiro atoms. The average molecular weight is 376 g/mol. The van der Waals surface area contributed by atoms with Crippen molar-refractivity contribution in [2.45, 2.75) is 18.9 Å². The zero-order chi connectivity index (χ0) is 19.6. The summed E-state index contributed by atoms with van der Waals surface area (Å²) in [6, 6.07) is 14.0. The molecule has 0 aliphatic heterocycles. The number of carbonyl (C=O) groups excluding carboxylic acids is 1. The zero-order valence-electron chi connectivity index (χ0n) is 15.6. The highest BCUT2D eigenvalue weighted by Crippen LogP contribution is 2.23. The van der Waals surface area contributed by atoms with Crippen molar-refractivity contribution in [2.75, 3.05) is 13.1 Å². The third-order valence-electron chi connectivity index (χ3n) is 4.46. The molecule has 3 aromatic rings. The van der Waals surface area contributed by atoms with Gasteiger partial charge in [-0.3, -0.25) is 14.8 Å². The van der Waals surface area contributed by atoms with Crippen molar-refractivity contribution in [2.24, 2.45) is 0 Å². The van der Waals surface area contributed by atoms with Gasteiger partial charge in [0.15, 0.2) is 0 Å². The molecule has 2 aromatic heterocycles. The molecule has 0 saturated carbocycles. The van der Waals surface area contributed by atoms with E-state index >= 15 is 0 Å². The standard InChI is InChI=1S/C22H24N4O2/c27-20-6-2-1-5-19(20)21(25-14-10-18-4-3-11-24-16-18)22(28)26-15-9-17-7-12-23-13-8-17/h1-8,11-13,16,21,25,27H,9-10,14-15H2,(H,26,28). The second kappa shape index (κ2) is 10.2.